The summed E-state index contributed by atoms with van der Waals surface area (Å²) < 4.78 is 24.1. The monoisotopic (exact) mass is 164 g/mol. The number of hydrogen-bond acceptors (Lipinski definition) is 4. The molecule has 58 valence electrons. The van der Waals surface area contributed by atoms with Crippen LogP contribution in [0.5, 0.6) is 0 Å². The number of carbonyl (C=O) groups excluding carboxylic acids is 1. The van der Waals surface area contributed by atoms with E-state index in [0.29, 0.717) is 0 Å². The van der Waals surface area contributed by atoms with Crippen molar-refractivity contribution in [3.63, 3.8) is 0 Å². The number of esters is 1. The predicted molar refractivity (Wildman–Crippen MR) is 36.3 cm³/mol. The molecule has 0 aromatic carbocycles. The maximum atomic E-state index is 10.3. The number of rotatable bonds is 4. The first kappa shape index (κ1) is 9.16. The van der Waals surface area contributed by atoms with Gasteiger partial charge in [-0.3, -0.25) is 0 Å². The van der Waals surface area contributed by atoms with Gasteiger partial charge >= 0.3 is 5.97 Å². The molecule has 0 aliphatic carbocycles. The second kappa shape index (κ2) is 4.99. The molecular formula is C5H8O4S. The highest BCUT2D eigenvalue weighted by Gasteiger charge is 1.94. The van der Waals surface area contributed by atoms with Crippen molar-refractivity contribution in [2.45, 2.75) is 0 Å². The minimum absolute atomic E-state index is 0.0937. The van der Waals surface area contributed by atoms with Crippen molar-refractivity contribution in [1.82, 2.24) is 0 Å². The van der Waals surface area contributed by atoms with E-state index in [2.05, 4.69) is 11.3 Å². The highest BCUT2D eigenvalue weighted by Crippen LogP contribution is 1.78. The van der Waals surface area contributed by atoms with E-state index < -0.39 is 16.7 Å². The Labute approximate surface area is 60.4 Å². The second-order valence-electron chi connectivity index (χ2n) is 1.43. The Hall–Kier alpha value is -0.840. The van der Waals surface area contributed by atoms with Crippen molar-refractivity contribution in [2.24, 2.45) is 0 Å². The minimum Gasteiger partial charge on any atom is -0.461 e. The Kier molecular flexibility index (Phi) is 4.57. The van der Waals surface area contributed by atoms with Crippen LogP contribution in [0.2, 0.25) is 0 Å². The Morgan fingerprint density at radius 1 is 1.60 bits per heavy atom. The fourth-order valence-electron chi connectivity index (χ4n) is 0.280. The van der Waals surface area contributed by atoms with E-state index in [-0.39, 0.29) is 12.4 Å². The molecule has 0 aliphatic heterocycles. The van der Waals surface area contributed by atoms with E-state index in [4.69, 9.17) is 0 Å². The average Bonchev–Trinajstić information content (AvgIpc) is 1.87. The van der Waals surface area contributed by atoms with E-state index in [9.17, 15) is 13.2 Å². The maximum absolute atomic E-state index is 10.3. The summed E-state index contributed by atoms with van der Waals surface area (Å²) in [5.74, 6) is -0.730. The molecule has 0 unspecified atom stereocenters. The molecule has 0 amide bonds. The van der Waals surface area contributed by atoms with Crippen LogP contribution in [0.4, 0.5) is 0 Å². The standard InChI is InChI=1S/C5H8O4S/c1-2-5(6)9-3-4-10(7)8/h2,10H,1,3-4H2. The SMILES string of the molecule is C=CC(=O)OCC[SH](=O)=O. The van der Waals surface area contributed by atoms with Crippen LogP contribution >= 0.6 is 0 Å². The molecule has 0 N–H and O–H groups in total. The first-order valence-electron chi connectivity index (χ1n) is 2.58. The zero-order valence-corrected chi connectivity index (χ0v) is 6.17. The fraction of sp³-hybridized carbons (Fsp3) is 0.400. The predicted octanol–water partition coefficient (Wildman–Crippen LogP) is -0.673. The first-order chi connectivity index (χ1) is 4.66. The highest BCUT2D eigenvalue weighted by atomic mass is 32.2. The summed E-state index contributed by atoms with van der Waals surface area (Å²) >= 11 is 0. The van der Waals surface area contributed by atoms with Gasteiger partial charge < -0.3 is 4.74 Å². The van der Waals surface area contributed by atoms with Crippen LogP contribution < -0.4 is 0 Å². The Morgan fingerprint density at radius 3 is 2.60 bits per heavy atom. The Bertz CT molecular complexity index is 186. The number of thiol groups is 1. The van der Waals surface area contributed by atoms with Gasteiger partial charge in [0, 0.05) is 6.08 Å². The van der Waals surface area contributed by atoms with Crippen molar-refractivity contribution in [2.75, 3.05) is 12.4 Å². The molecule has 0 heterocycles. The topological polar surface area (TPSA) is 60.4 Å². The maximum Gasteiger partial charge on any atom is 0.330 e. The van der Waals surface area contributed by atoms with E-state index in [1.807, 2.05) is 0 Å². The van der Waals surface area contributed by atoms with Crippen LogP contribution in [0, 0.1) is 0 Å². The molecule has 0 spiro atoms. The molecule has 0 aromatic heterocycles. The molecule has 0 rings (SSSR count). The summed E-state index contributed by atoms with van der Waals surface area (Å²) in [5.41, 5.74) is 0. The van der Waals surface area contributed by atoms with Gasteiger partial charge in [-0.15, -0.1) is 0 Å². The van der Waals surface area contributed by atoms with Crippen LogP contribution in [0.1, 0.15) is 0 Å². The third kappa shape index (κ3) is 5.30. The summed E-state index contributed by atoms with van der Waals surface area (Å²) in [6.45, 7) is 3.04. The average molecular weight is 164 g/mol. The van der Waals surface area contributed by atoms with Crippen molar-refractivity contribution in [3.8, 4) is 0 Å². The van der Waals surface area contributed by atoms with Gasteiger partial charge in [-0.25, -0.2) is 13.2 Å². The normalized spacial score (nSPS) is 9.30. The molecule has 4 nitrogen and oxygen atoms in total. The van der Waals surface area contributed by atoms with Crippen LogP contribution in [0.15, 0.2) is 12.7 Å². The van der Waals surface area contributed by atoms with Crippen molar-refractivity contribution in [1.29, 1.82) is 0 Å². The lowest BCUT2D eigenvalue weighted by atomic mass is 10.6. The van der Waals surface area contributed by atoms with Gasteiger partial charge in [0.2, 0.25) is 0 Å². The molecule has 0 radical (unpaired) electrons. The molecular weight excluding hydrogens is 156 g/mol. The van der Waals surface area contributed by atoms with Gasteiger partial charge in [0.05, 0.1) is 5.75 Å². The second-order valence-corrected chi connectivity index (χ2v) is 2.54. The highest BCUT2D eigenvalue weighted by molar-refractivity contribution is 7.72. The molecule has 10 heavy (non-hydrogen) atoms. The lowest BCUT2D eigenvalue weighted by Gasteiger charge is -1.94. The van der Waals surface area contributed by atoms with Crippen molar-refractivity contribution in [3.05, 3.63) is 12.7 Å². The van der Waals surface area contributed by atoms with Gasteiger partial charge in [-0.2, -0.15) is 0 Å². The molecule has 0 aromatic rings. The third-order valence-corrected chi connectivity index (χ3v) is 1.23. The van der Waals surface area contributed by atoms with E-state index in [1.165, 1.54) is 0 Å². The van der Waals surface area contributed by atoms with Gasteiger partial charge in [0.15, 0.2) is 0 Å². The molecule has 0 bridgehead atoms. The molecule has 0 saturated heterocycles. The van der Waals surface area contributed by atoms with Gasteiger partial charge in [0.25, 0.3) is 0 Å². The van der Waals surface area contributed by atoms with Crippen LogP contribution in [-0.2, 0) is 20.2 Å². The van der Waals surface area contributed by atoms with Gasteiger partial charge in [-0.1, -0.05) is 6.58 Å². The summed E-state index contributed by atoms with van der Waals surface area (Å²) in [5, 5.41) is 0. The minimum atomic E-state index is -2.45. The molecule has 0 aliphatic rings. The lowest BCUT2D eigenvalue weighted by Crippen LogP contribution is -2.06. The summed E-state index contributed by atoms with van der Waals surface area (Å²) in [7, 11) is -2.45. The van der Waals surface area contributed by atoms with Crippen LogP contribution in [-0.4, -0.2) is 26.7 Å². The lowest BCUT2D eigenvalue weighted by molar-refractivity contribution is -0.137. The van der Waals surface area contributed by atoms with Gasteiger partial charge in [-0.05, 0) is 0 Å². The van der Waals surface area contributed by atoms with Crippen LogP contribution in [0.25, 0.3) is 0 Å². The van der Waals surface area contributed by atoms with Crippen molar-refractivity contribution >= 4 is 16.7 Å². The number of ether oxygens (including phenoxy) is 1. The fourth-order valence-corrected chi connectivity index (χ4v) is 0.520. The summed E-state index contributed by atoms with van der Waals surface area (Å²) in [6.07, 6.45) is 0.984. The first-order valence-corrected chi connectivity index (χ1v) is 3.94. The third-order valence-electron chi connectivity index (χ3n) is 0.685. The summed E-state index contributed by atoms with van der Waals surface area (Å²) in [6, 6.07) is 0. The summed E-state index contributed by atoms with van der Waals surface area (Å²) in [4.78, 5) is 10.3. The smallest absolute Gasteiger partial charge is 0.330 e. The largest absolute Gasteiger partial charge is 0.461 e. The molecule has 0 atom stereocenters. The molecule has 0 fully saturated rings. The van der Waals surface area contributed by atoms with E-state index in [1.54, 1.807) is 0 Å². The van der Waals surface area contributed by atoms with E-state index in [0.717, 1.165) is 6.08 Å². The number of carbonyl (C=O) groups is 1. The molecule has 0 saturated carbocycles. The van der Waals surface area contributed by atoms with Crippen molar-refractivity contribution < 1.29 is 17.9 Å². The zero-order valence-electron chi connectivity index (χ0n) is 5.28. The Balaban J connectivity index is 3.37. The molecule has 5 heteroatoms. The van der Waals surface area contributed by atoms with E-state index >= 15 is 0 Å². The number of hydrogen-bond donors (Lipinski definition) is 1. The quantitative estimate of drug-likeness (QED) is 0.340. The Morgan fingerprint density at radius 2 is 2.20 bits per heavy atom. The zero-order chi connectivity index (χ0) is 7.98. The van der Waals surface area contributed by atoms with Crippen LogP contribution in [0.3, 0.4) is 0 Å². The van der Waals surface area contributed by atoms with Gasteiger partial charge in [0.1, 0.15) is 17.3 Å².